The topological polar surface area (TPSA) is 76.2 Å². The molecule has 1 aromatic heterocycles. The van der Waals surface area contributed by atoms with E-state index in [-0.39, 0.29) is 11.7 Å². The van der Waals surface area contributed by atoms with E-state index in [1.807, 2.05) is 13.8 Å². The molecule has 0 radical (unpaired) electrons. The smallest absolute Gasteiger partial charge is 0.252 e. The maximum absolute atomic E-state index is 11.6. The molecule has 2 N–H and O–H groups in total. The van der Waals surface area contributed by atoms with Crippen LogP contribution in [0.1, 0.15) is 38.4 Å². The van der Waals surface area contributed by atoms with E-state index < -0.39 is 5.79 Å². The van der Waals surface area contributed by atoms with Crippen molar-refractivity contribution in [2.45, 2.75) is 44.5 Å². The van der Waals surface area contributed by atoms with E-state index in [0.29, 0.717) is 24.9 Å². The Morgan fingerprint density at radius 3 is 2.95 bits per heavy atom. The molecule has 2 fully saturated rings. The number of anilines is 1. The number of aromatic nitrogens is 2. The molecule has 6 nitrogen and oxygen atoms in total. The highest BCUT2D eigenvalue weighted by Crippen LogP contribution is 2.37. The van der Waals surface area contributed by atoms with Gasteiger partial charge in [0.1, 0.15) is 17.7 Å². The minimum absolute atomic E-state index is 0.0135. The first-order chi connectivity index (χ1) is 9.02. The van der Waals surface area contributed by atoms with Crippen LogP contribution in [0.3, 0.4) is 0 Å². The minimum atomic E-state index is -0.521. The van der Waals surface area contributed by atoms with Crippen molar-refractivity contribution in [1.82, 2.24) is 9.97 Å². The minimum Gasteiger partial charge on any atom is -0.367 e. The van der Waals surface area contributed by atoms with Gasteiger partial charge in [0.05, 0.1) is 6.61 Å². The summed E-state index contributed by atoms with van der Waals surface area (Å²) in [6.07, 6.45) is 2.21. The van der Waals surface area contributed by atoms with Gasteiger partial charge in [0.2, 0.25) is 0 Å². The number of hydrogen-bond acceptors (Lipinski definition) is 5. The van der Waals surface area contributed by atoms with Crippen LogP contribution in [-0.4, -0.2) is 35.0 Å². The molecule has 0 bridgehead atoms. The maximum atomic E-state index is 11.6. The zero-order valence-electron chi connectivity index (χ0n) is 11.2. The second-order valence-corrected chi connectivity index (χ2v) is 5.62. The summed E-state index contributed by atoms with van der Waals surface area (Å²) in [6, 6.07) is 1.48. The van der Waals surface area contributed by atoms with Gasteiger partial charge < -0.3 is 19.8 Å². The van der Waals surface area contributed by atoms with Crippen molar-refractivity contribution in [3.63, 3.8) is 0 Å². The van der Waals surface area contributed by atoms with Crippen LogP contribution in [0, 0.1) is 0 Å². The lowest BCUT2D eigenvalue weighted by molar-refractivity contribution is -0.136. The number of H-pyrrole nitrogens is 1. The van der Waals surface area contributed by atoms with Crippen LogP contribution in [0.4, 0.5) is 5.82 Å². The second-order valence-electron chi connectivity index (χ2n) is 5.62. The fourth-order valence-electron chi connectivity index (χ4n) is 2.20. The summed E-state index contributed by atoms with van der Waals surface area (Å²) < 4.78 is 11.2. The van der Waals surface area contributed by atoms with Gasteiger partial charge in [0.25, 0.3) is 5.56 Å². The highest BCUT2D eigenvalue weighted by Gasteiger charge is 2.32. The zero-order chi connectivity index (χ0) is 13.5. The van der Waals surface area contributed by atoms with Crippen molar-refractivity contribution >= 4 is 5.82 Å². The summed E-state index contributed by atoms with van der Waals surface area (Å²) in [5, 5.41) is 3.15. The highest BCUT2D eigenvalue weighted by molar-refractivity contribution is 5.34. The van der Waals surface area contributed by atoms with Crippen molar-refractivity contribution in [2.75, 3.05) is 18.5 Å². The Morgan fingerprint density at radius 1 is 1.53 bits per heavy atom. The number of nitrogens with one attached hydrogen (secondary N) is 2. The Morgan fingerprint density at radius 2 is 2.32 bits per heavy atom. The number of ether oxygens (including phenoxy) is 2. The lowest BCUT2D eigenvalue weighted by Crippen LogP contribution is -2.26. The summed E-state index contributed by atoms with van der Waals surface area (Å²) in [6.45, 7) is 4.93. The summed E-state index contributed by atoms with van der Waals surface area (Å²) in [5.74, 6) is 1.31. The van der Waals surface area contributed by atoms with Crippen LogP contribution in [0.2, 0.25) is 0 Å². The Hall–Kier alpha value is -1.40. The quantitative estimate of drug-likeness (QED) is 0.855. The molecular formula is C13H19N3O3. The summed E-state index contributed by atoms with van der Waals surface area (Å²) in [5.41, 5.74) is -0.108. The zero-order valence-corrected chi connectivity index (χ0v) is 11.2. The SMILES string of the molecule is CC1(C)OCC(CNc2cc(=O)[nH]c(C3CC3)n2)O1. The molecule has 1 aromatic rings. The normalized spacial score (nSPS) is 25.5. The molecular weight excluding hydrogens is 246 g/mol. The Bertz CT molecular complexity index is 522. The molecule has 3 rings (SSSR count). The van der Waals surface area contributed by atoms with E-state index in [2.05, 4.69) is 15.3 Å². The van der Waals surface area contributed by atoms with Gasteiger partial charge in [-0.3, -0.25) is 4.79 Å². The molecule has 0 spiro atoms. The molecule has 0 amide bonds. The molecule has 19 heavy (non-hydrogen) atoms. The predicted molar refractivity (Wildman–Crippen MR) is 70.2 cm³/mol. The molecule has 1 saturated heterocycles. The van der Waals surface area contributed by atoms with Crippen molar-refractivity contribution in [3.8, 4) is 0 Å². The van der Waals surface area contributed by atoms with E-state index in [1.165, 1.54) is 6.07 Å². The first-order valence-electron chi connectivity index (χ1n) is 6.69. The lowest BCUT2D eigenvalue weighted by Gasteiger charge is -2.17. The molecule has 6 heteroatoms. The van der Waals surface area contributed by atoms with Crippen molar-refractivity contribution < 1.29 is 9.47 Å². The molecule has 2 heterocycles. The summed E-state index contributed by atoms with van der Waals surface area (Å²) in [4.78, 5) is 18.8. The van der Waals surface area contributed by atoms with Gasteiger partial charge in [-0.05, 0) is 26.7 Å². The number of rotatable bonds is 4. The van der Waals surface area contributed by atoms with Gasteiger partial charge in [-0.15, -0.1) is 0 Å². The van der Waals surface area contributed by atoms with Crippen LogP contribution in [0.5, 0.6) is 0 Å². The molecule has 1 aliphatic heterocycles. The molecule has 1 atom stereocenters. The average Bonchev–Trinajstić information content (AvgIpc) is 3.11. The van der Waals surface area contributed by atoms with Gasteiger partial charge in [-0.25, -0.2) is 4.98 Å². The van der Waals surface area contributed by atoms with Crippen molar-refractivity contribution in [2.24, 2.45) is 0 Å². The Balaban J connectivity index is 1.62. The third kappa shape index (κ3) is 3.13. The molecule has 1 aliphatic carbocycles. The molecule has 0 aromatic carbocycles. The van der Waals surface area contributed by atoms with E-state index in [9.17, 15) is 4.79 Å². The van der Waals surface area contributed by atoms with Crippen LogP contribution in [-0.2, 0) is 9.47 Å². The van der Waals surface area contributed by atoms with Gasteiger partial charge in [-0.2, -0.15) is 0 Å². The number of nitrogens with zero attached hydrogens (tertiary/aromatic N) is 1. The first-order valence-corrected chi connectivity index (χ1v) is 6.69. The molecule has 2 aliphatic rings. The first kappa shape index (κ1) is 12.6. The standard InChI is InChI=1S/C13H19N3O3/c1-13(2)18-7-9(19-13)6-14-10-5-11(17)16-12(15-10)8-3-4-8/h5,8-9H,3-4,6-7H2,1-2H3,(H2,14,15,16,17). The largest absolute Gasteiger partial charge is 0.367 e. The van der Waals surface area contributed by atoms with E-state index in [1.54, 1.807) is 0 Å². The maximum Gasteiger partial charge on any atom is 0.252 e. The highest BCUT2D eigenvalue weighted by atomic mass is 16.7. The van der Waals surface area contributed by atoms with Gasteiger partial charge in [-0.1, -0.05) is 0 Å². The molecule has 1 saturated carbocycles. The average molecular weight is 265 g/mol. The van der Waals surface area contributed by atoms with Crippen molar-refractivity contribution in [3.05, 3.63) is 22.2 Å². The molecule has 104 valence electrons. The Kier molecular flexibility index (Phi) is 3.06. The second kappa shape index (κ2) is 4.61. The van der Waals surface area contributed by atoms with E-state index in [4.69, 9.17) is 9.47 Å². The summed E-state index contributed by atoms with van der Waals surface area (Å²) >= 11 is 0. The van der Waals surface area contributed by atoms with Crippen LogP contribution >= 0.6 is 0 Å². The van der Waals surface area contributed by atoms with Crippen LogP contribution in [0.25, 0.3) is 0 Å². The third-order valence-corrected chi connectivity index (χ3v) is 3.30. The van der Waals surface area contributed by atoms with Gasteiger partial charge in [0.15, 0.2) is 5.79 Å². The predicted octanol–water partition coefficient (Wildman–Crippen LogP) is 1.21. The monoisotopic (exact) mass is 265 g/mol. The van der Waals surface area contributed by atoms with Gasteiger partial charge >= 0.3 is 0 Å². The number of hydrogen-bond donors (Lipinski definition) is 2. The van der Waals surface area contributed by atoms with Gasteiger partial charge in [0, 0.05) is 18.5 Å². The third-order valence-electron chi connectivity index (χ3n) is 3.30. The van der Waals surface area contributed by atoms with E-state index in [0.717, 1.165) is 18.7 Å². The fraction of sp³-hybridized carbons (Fsp3) is 0.692. The fourth-order valence-corrected chi connectivity index (χ4v) is 2.20. The van der Waals surface area contributed by atoms with Crippen molar-refractivity contribution in [1.29, 1.82) is 0 Å². The van der Waals surface area contributed by atoms with Crippen LogP contribution in [0.15, 0.2) is 10.9 Å². The lowest BCUT2D eigenvalue weighted by atomic mass is 10.3. The summed E-state index contributed by atoms with van der Waals surface area (Å²) in [7, 11) is 0. The molecule has 1 unspecified atom stereocenters. The Labute approximate surface area is 111 Å². The number of aromatic amines is 1. The van der Waals surface area contributed by atoms with Crippen LogP contribution < -0.4 is 10.9 Å². The van der Waals surface area contributed by atoms with E-state index >= 15 is 0 Å².